The van der Waals surface area contributed by atoms with Gasteiger partial charge in [-0.15, -0.1) is 0 Å². The molecule has 0 aliphatic carbocycles. The monoisotopic (exact) mass is 333 g/mol. The van der Waals surface area contributed by atoms with Gasteiger partial charge in [0.05, 0.1) is 5.02 Å². The van der Waals surface area contributed by atoms with Crippen LogP contribution in [0.15, 0.2) is 59.6 Å². The fourth-order valence-electron chi connectivity index (χ4n) is 2.05. The van der Waals surface area contributed by atoms with Crippen LogP contribution in [0.4, 0.5) is 0 Å². The van der Waals surface area contributed by atoms with E-state index < -0.39 is 10.1 Å². The molecule has 0 fully saturated rings. The Bertz CT molecular complexity index is 937. The number of rotatable bonds is 3. The van der Waals surface area contributed by atoms with Crippen LogP contribution in [-0.2, 0) is 10.1 Å². The summed E-state index contributed by atoms with van der Waals surface area (Å²) in [5.74, 6) is 0.153. The first-order valence-electron chi connectivity index (χ1n) is 6.52. The van der Waals surface area contributed by atoms with E-state index in [1.165, 1.54) is 18.2 Å². The molecular formula is C16H12ClNO3S. The Labute approximate surface area is 133 Å². The van der Waals surface area contributed by atoms with E-state index in [0.29, 0.717) is 15.9 Å². The quantitative estimate of drug-likeness (QED) is 0.681. The highest BCUT2D eigenvalue weighted by Crippen LogP contribution is 2.31. The predicted octanol–water partition coefficient (Wildman–Crippen LogP) is 3.96. The lowest BCUT2D eigenvalue weighted by molar-refractivity contribution is 0.488. The Morgan fingerprint density at radius 1 is 1.05 bits per heavy atom. The third kappa shape index (κ3) is 2.77. The van der Waals surface area contributed by atoms with Gasteiger partial charge in [-0.05, 0) is 43.3 Å². The first-order valence-corrected chi connectivity index (χ1v) is 8.30. The number of nitrogens with zero attached hydrogens (tertiary/aromatic N) is 1. The largest absolute Gasteiger partial charge is 0.377 e. The molecule has 0 saturated heterocycles. The minimum atomic E-state index is -3.92. The van der Waals surface area contributed by atoms with E-state index in [9.17, 15) is 8.42 Å². The molecule has 0 radical (unpaired) electrons. The van der Waals surface area contributed by atoms with Crippen LogP contribution in [0.1, 0.15) is 5.56 Å². The summed E-state index contributed by atoms with van der Waals surface area (Å²) in [6, 6.07) is 13.0. The number of pyridine rings is 1. The van der Waals surface area contributed by atoms with Crippen molar-refractivity contribution in [1.29, 1.82) is 0 Å². The van der Waals surface area contributed by atoms with Crippen molar-refractivity contribution in [3.8, 4) is 5.75 Å². The number of aryl methyl sites for hydroxylation is 1. The molecule has 2 aromatic carbocycles. The molecule has 112 valence electrons. The van der Waals surface area contributed by atoms with Crippen molar-refractivity contribution in [2.45, 2.75) is 11.8 Å². The number of hydrogen-bond acceptors (Lipinski definition) is 4. The predicted molar refractivity (Wildman–Crippen MR) is 85.7 cm³/mol. The maximum Gasteiger partial charge on any atom is 0.339 e. The van der Waals surface area contributed by atoms with E-state index in [0.717, 1.165) is 5.56 Å². The zero-order valence-electron chi connectivity index (χ0n) is 11.7. The third-order valence-corrected chi connectivity index (χ3v) is 4.77. The van der Waals surface area contributed by atoms with Crippen molar-refractivity contribution < 1.29 is 12.6 Å². The number of benzene rings is 2. The summed E-state index contributed by atoms with van der Waals surface area (Å²) in [6.45, 7) is 1.88. The molecule has 0 unspecified atom stereocenters. The smallest absolute Gasteiger partial charge is 0.339 e. The summed E-state index contributed by atoms with van der Waals surface area (Å²) in [4.78, 5) is 4.25. The first-order chi connectivity index (χ1) is 10.5. The van der Waals surface area contributed by atoms with Crippen LogP contribution in [0.25, 0.3) is 10.9 Å². The van der Waals surface area contributed by atoms with Gasteiger partial charge in [-0.1, -0.05) is 29.3 Å². The van der Waals surface area contributed by atoms with Gasteiger partial charge in [-0.25, -0.2) is 0 Å². The molecule has 0 spiro atoms. The van der Waals surface area contributed by atoms with Gasteiger partial charge < -0.3 is 4.18 Å². The van der Waals surface area contributed by atoms with Crippen LogP contribution in [0.2, 0.25) is 5.02 Å². The molecule has 1 heterocycles. The van der Waals surface area contributed by atoms with Crippen molar-refractivity contribution in [3.63, 3.8) is 0 Å². The lowest BCUT2D eigenvalue weighted by atomic mass is 10.2. The van der Waals surface area contributed by atoms with Gasteiger partial charge in [0.1, 0.15) is 10.4 Å². The summed E-state index contributed by atoms with van der Waals surface area (Å²) < 4.78 is 30.0. The molecule has 0 bridgehead atoms. The summed E-state index contributed by atoms with van der Waals surface area (Å²) in [5, 5.41) is 1.13. The zero-order valence-corrected chi connectivity index (χ0v) is 13.2. The highest BCUT2D eigenvalue weighted by atomic mass is 35.5. The second-order valence-electron chi connectivity index (χ2n) is 4.80. The van der Waals surface area contributed by atoms with Crippen molar-refractivity contribution in [1.82, 2.24) is 4.98 Å². The summed E-state index contributed by atoms with van der Waals surface area (Å²) in [5.41, 5.74) is 1.38. The fourth-order valence-corrected chi connectivity index (χ4v) is 3.20. The Kier molecular flexibility index (Phi) is 3.76. The minimum absolute atomic E-state index is 0.0946. The van der Waals surface area contributed by atoms with E-state index in [-0.39, 0.29) is 10.6 Å². The average Bonchev–Trinajstić information content (AvgIpc) is 2.51. The van der Waals surface area contributed by atoms with Gasteiger partial charge in [0.25, 0.3) is 0 Å². The molecule has 3 aromatic rings. The fraction of sp³-hybridized carbons (Fsp3) is 0.0625. The van der Waals surface area contributed by atoms with Crippen LogP contribution in [0.3, 0.4) is 0 Å². The second-order valence-corrected chi connectivity index (χ2v) is 6.75. The molecule has 0 aliphatic rings. The van der Waals surface area contributed by atoms with Gasteiger partial charge in [-0.2, -0.15) is 8.42 Å². The topological polar surface area (TPSA) is 56.3 Å². The Hall–Kier alpha value is -2.11. The molecule has 0 amide bonds. The maximum atomic E-state index is 12.4. The molecular weight excluding hydrogens is 322 g/mol. The van der Waals surface area contributed by atoms with Crippen molar-refractivity contribution in [3.05, 3.63) is 65.3 Å². The first kappa shape index (κ1) is 14.8. The number of aromatic nitrogens is 1. The van der Waals surface area contributed by atoms with E-state index in [4.69, 9.17) is 15.8 Å². The lowest BCUT2D eigenvalue weighted by Crippen LogP contribution is -2.10. The van der Waals surface area contributed by atoms with Crippen molar-refractivity contribution >= 4 is 32.6 Å². The van der Waals surface area contributed by atoms with Crippen LogP contribution in [0, 0.1) is 6.92 Å². The maximum absolute atomic E-state index is 12.4. The highest BCUT2D eigenvalue weighted by Gasteiger charge is 2.18. The van der Waals surface area contributed by atoms with E-state index in [1.54, 1.807) is 36.5 Å². The minimum Gasteiger partial charge on any atom is -0.377 e. The molecule has 3 rings (SSSR count). The summed E-state index contributed by atoms with van der Waals surface area (Å²) in [7, 11) is -3.92. The molecule has 6 heteroatoms. The van der Waals surface area contributed by atoms with E-state index >= 15 is 0 Å². The molecule has 1 aromatic heterocycles. The number of fused-ring (bicyclic) bond motifs is 1. The van der Waals surface area contributed by atoms with Crippen LogP contribution >= 0.6 is 11.6 Å². The molecule has 0 aliphatic heterocycles. The van der Waals surface area contributed by atoms with Gasteiger partial charge in [-0.3, -0.25) is 4.98 Å². The van der Waals surface area contributed by atoms with Crippen molar-refractivity contribution in [2.24, 2.45) is 0 Å². The Balaban J connectivity index is 2.06. The van der Waals surface area contributed by atoms with Crippen LogP contribution in [0.5, 0.6) is 5.75 Å². The normalized spacial score (nSPS) is 11.5. The van der Waals surface area contributed by atoms with Gasteiger partial charge in [0, 0.05) is 11.6 Å². The lowest BCUT2D eigenvalue weighted by Gasteiger charge is -2.10. The summed E-state index contributed by atoms with van der Waals surface area (Å²) in [6.07, 6.45) is 1.56. The standard InChI is InChI=1S/C16H12ClNO3S/c1-11-4-6-12(7-5-11)22(19,20)21-15-9-8-14(17)13-3-2-10-18-16(13)15/h2-10H,1H3. The number of halogens is 1. The number of hydrogen-bond donors (Lipinski definition) is 0. The Morgan fingerprint density at radius 2 is 1.77 bits per heavy atom. The third-order valence-electron chi connectivity index (χ3n) is 3.19. The highest BCUT2D eigenvalue weighted by molar-refractivity contribution is 7.87. The molecule has 0 N–H and O–H groups in total. The second kappa shape index (κ2) is 5.59. The van der Waals surface area contributed by atoms with Crippen molar-refractivity contribution in [2.75, 3.05) is 0 Å². The molecule has 4 nitrogen and oxygen atoms in total. The van der Waals surface area contributed by atoms with E-state index in [2.05, 4.69) is 4.98 Å². The Morgan fingerprint density at radius 3 is 2.50 bits per heavy atom. The molecule has 0 atom stereocenters. The van der Waals surface area contributed by atoms with Gasteiger partial charge in [0.2, 0.25) is 0 Å². The average molecular weight is 334 g/mol. The van der Waals surface area contributed by atoms with Gasteiger partial charge >= 0.3 is 10.1 Å². The van der Waals surface area contributed by atoms with Crippen LogP contribution < -0.4 is 4.18 Å². The summed E-state index contributed by atoms with van der Waals surface area (Å²) >= 11 is 6.09. The zero-order chi connectivity index (χ0) is 15.7. The van der Waals surface area contributed by atoms with Crippen LogP contribution in [-0.4, -0.2) is 13.4 Å². The van der Waals surface area contributed by atoms with Gasteiger partial charge in [0.15, 0.2) is 5.75 Å². The molecule has 22 heavy (non-hydrogen) atoms. The van der Waals surface area contributed by atoms with E-state index in [1.807, 2.05) is 6.92 Å². The SMILES string of the molecule is Cc1ccc(S(=O)(=O)Oc2ccc(Cl)c3cccnc23)cc1. The molecule has 0 saturated carbocycles.